The van der Waals surface area contributed by atoms with Crippen LogP contribution in [0.3, 0.4) is 0 Å². The number of amides is 2. The number of thiophene rings is 1. The second kappa shape index (κ2) is 6.10. The topological polar surface area (TPSA) is 74.7 Å². The third-order valence-electron chi connectivity index (χ3n) is 3.34. The number of aliphatic carboxylic acids is 1. The number of benzene rings is 1. The van der Waals surface area contributed by atoms with Crippen LogP contribution in [-0.4, -0.2) is 34.3 Å². The minimum absolute atomic E-state index is 0.316. The van der Waals surface area contributed by atoms with Crippen molar-refractivity contribution in [2.45, 2.75) is 0 Å². The van der Waals surface area contributed by atoms with E-state index in [0.29, 0.717) is 16.7 Å². The molecule has 2 amide bonds. The first kappa shape index (κ1) is 15.6. The predicted molar refractivity (Wildman–Crippen MR) is 90.0 cm³/mol. The van der Waals surface area contributed by atoms with E-state index in [0.717, 1.165) is 13.6 Å². The van der Waals surface area contributed by atoms with E-state index in [4.69, 9.17) is 5.11 Å². The van der Waals surface area contributed by atoms with Crippen LogP contribution in [0.5, 0.6) is 0 Å². The van der Waals surface area contributed by atoms with Crippen molar-refractivity contribution >= 4 is 56.7 Å². The molecular weight excluding hydrogens is 382 g/mol. The fourth-order valence-electron chi connectivity index (χ4n) is 2.37. The van der Waals surface area contributed by atoms with Crippen LogP contribution < -0.4 is 0 Å². The van der Waals surface area contributed by atoms with Gasteiger partial charge < -0.3 is 5.11 Å². The molecule has 0 fully saturated rings. The Labute approximate surface area is 144 Å². The predicted octanol–water partition coefficient (Wildman–Crippen LogP) is 3.12. The quantitative estimate of drug-likeness (QED) is 0.644. The van der Waals surface area contributed by atoms with Gasteiger partial charge in [-0.05, 0) is 45.8 Å². The summed E-state index contributed by atoms with van der Waals surface area (Å²) in [5.41, 5.74) is 1.17. The number of carbonyl (C=O) groups is 3. The Morgan fingerprint density at radius 1 is 1.13 bits per heavy atom. The van der Waals surface area contributed by atoms with Gasteiger partial charge in [-0.15, -0.1) is 11.3 Å². The van der Waals surface area contributed by atoms with Crippen molar-refractivity contribution in [2.24, 2.45) is 0 Å². The summed E-state index contributed by atoms with van der Waals surface area (Å²) in [5, 5.41) is 8.96. The van der Waals surface area contributed by atoms with Crippen LogP contribution in [0.1, 0.15) is 20.8 Å². The van der Waals surface area contributed by atoms with Gasteiger partial charge in [0.25, 0.3) is 11.8 Å². The van der Waals surface area contributed by atoms with Gasteiger partial charge in [0.2, 0.25) is 0 Å². The van der Waals surface area contributed by atoms with Crippen molar-refractivity contribution in [3.8, 4) is 0 Å². The van der Waals surface area contributed by atoms with Crippen molar-refractivity contribution in [1.82, 2.24) is 4.90 Å². The van der Waals surface area contributed by atoms with E-state index in [-0.39, 0.29) is 0 Å². The lowest BCUT2D eigenvalue weighted by Crippen LogP contribution is -2.44. The van der Waals surface area contributed by atoms with Gasteiger partial charge in [-0.1, -0.05) is 18.2 Å². The second-order valence-corrected chi connectivity index (χ2v) is 7.33. The molecule has 2 heterocycles. The first-order valence-corrected chi connectivity index (χ1v) is 8.23. The van der Waals surface area contributed by atoms with Gasteiger partial charge in [0, 0.05) is 16.0 Å². The minimum Gasteiger partial charge on any atom is -0.480 e. The smallest absolute Gasteiger partial charge is 0.323 e. The van der Waals surface area contributed by atoms with Crippen LogP contribution in [0, 0.1) is 0 Å². The van der Waals surface area contributed by atoms with Gasteiger partial charge in [0.1, 0.15) is 6.54 Å². The largest absolute Gasteiger partial charge is 0.480 e. The van der Waals surface area contributed by atoms with E-state index in [1.807, 2.05) is 12.1 Å². The molecule has 116 valence electrons. The van der Waals surface area contributed by atoms with Crippen LogP contribution in [0.15, 0.2) is 40.2 Å². The lowest BCUT2D eigenvalue weighted by molar-refractivity contribution is -0.141. The van der Waals surface area contributed by atoms with Gasteiger partial charge in [-0.25, -0.2) is 0 Å². The van der Waals surface area contributed by atoms with E-state index in [1.54, 1.807) is 30.3 Å². The van der Waals surface area contributed by atoms with Crippen LogP contribution >= 0.6 is 27.3 Å². The summed E-state index contributed by atoms with van der Waals surface area (Å²) in [7, 11) is 0. The normalized spacial score (nSPS) is 15.9. The fraction of sp³-hybridized carbons (Fsp3) is 0.0625. The molecule has 5 nitrogen and oxygen atoms in total. The number of nitrogens with zero attached hydrogens (tertiary/aromatic N) is 1. The zero-order valence-electron chi connectivity index (χ0n) is 11.7. The number of halogens is 1. The number of carboxylic acid groups (broad SMARTS) is 1. The highest BCUT2D eigenvalue weighted by Gasteiger charge is 2.35. The molecule has 1 aromatic heterocycles. The molecule has 1 aliphatic heterocycles. The standard InChI is InChI=1S/C16H10BrNO4S/c17-13-6-5-9(23-13)7-12-10-3-1-2-4-11(10)15(21)18(16(12)22)8-14(19)20/h1-7H,8H2,(H,19,20). The summed E-state index contributed by atoms with van der Waals surface area (Å²) in [6, 6.07) is 10.4. The minimum atomic E-state index is -1.23. The van der Waals surface area contributed by atoms with Crippen LogP contribution in [-0.2, 0) is 9.59 Å². The summed E-state index contributed by atoms with van der Waals surface area (Å²) in [6.07, 6.45) is 1.68. The van der Waals surface area contributed by atoms with Gasteiger partial charge in [0.05, 0.1) is 3.79 Å². The van der Waals surface area contributed by atoms with E-state index >= 15 is 0 Å². The average molecular weight is 392 g/mol. The maximum Gasteiger partial charge on any atom is 0.323 e. The lowest BCUT2D eigenvalue weighted by atomic mass is 9.93. The highest BCUT2D eigenvalue weighted by atomic mass is 79.9. The van der Waals surface area contributed by atoms with Gasteiger partial charge in [-0.2, -0.15) is 0 Å². The monoisotopic (exact) mass is 391 g/mol. The van der Waals surface area contributed by atoms with E-state index in [9.17, 15) is 14.4 Å². The third-order valence-corrected chi connectivity index (χ3v) is 4.91. The van der Waals surface area contributed by atoms with Crippen molar-refractivity contribution in [2.75, 3.05) is 6.54 Å². The zero-order valence-corrected chi connectivity index (χ0v) is 14.1. The number of carbonyl (C=O) groups excluding carboxylic acids is 2. The molecule has 1 N–H and O–H groups in total. The number of fused-ring (bicyclic) bond motifs is 1. The molecule has 0 saturated heterocycles. The molecule has 0 spiro atoms. The molecule has 3 rings (SSSR count). The number of rotatable bonds is 3. The summed E-state index contributed by atoms with van der Waals surface area (Å²) >= 11 is 4.80. The Balaban J connectivity index is 2.15. The van der Waals surface area contributed by atoms with Crippen molar-refractivity contribution < 1.29 is 19.5 Å². The number of hydrogen-bond acceptors (Lipinski definition) is 4. The molecule has 2 aromatic rings. The summed E-state index contributed by atoms with van der Waals surface area (Å²) < 4.78 is 0.916. The summed E-state index contributed by atoms with van der Waals surface area (Å²) in [6.45, 7) is -0.655. The first-order valence-electron chi connectivity index (χ1n) is 6.62. The SMILES string of the molecule is O=C(O)CN1C(=O)C(=Cc2ccc(Br)s2)c2ccccc2C1=O. The van der Waals surface area contributed by atoms with E-state index in [1.165, 1.54) is 11.3 Å². The second-order valence-electron chi connectivity index (χ2n) is 4.84. The van der Waals surface area contributed by atoms with Crippen LogP contribution in [0.2, 0.25) is 0 Å². The zero-order chi connectivity index (χ0) is 16.6. The van der Waals surface area contributed by atoms with Crippen molar-refractivity contribution in [3.63, 3.8) is 0 Å². The average Bonchev–Trinajstić information content (AvgIpc) is 2.93. The molecule has 23 heavy (non-hydrogen) atoms. The number of imide groups is 1. The third kappa shape index (κ3) is 2.97. The fourth-order valence-corrected chi connectivity index (χ4v) is 3.74. The van der Waals surface area contributed by atoms with Crippen LogP contribution in [0.25, 0.3) is 11.6 Å². The molecule has 0 atom stereocenters. The van der Waals surface area contributed by atoms with Crippen LogP contribution in [0.4, 0.5) is 0 Å². The maximum absolute atomic E-state index is 12.6. The summed E-state index contributed by atoms with van der Waals surface area (Å²) in [4.78, 5) is 37.6. The molecular formula is C16H10BrNO4S. The molecule has 0 saturated carbocycles. The summed E-state index contributed by atoms with van der Waals surface area (Å²) in [5.74, 6) is -2.41. The molecule has 0 aliphatic carbocycles. The molecule has 1 aromatic carbocycles. The van der Waals surface area contributed by atoms with E-state index in [2.05, 4.69) is 15.9 Å². The van der Waals surface area contributed by atoms with Crippen molar-refractivity contribution in [3.05, 3.63) is 56.2 Å². The molecule has 0 bridgehead atoms. The number of hydrogen-bond donors (Lipinski definition) is 1. The molecule has 7 heteroatoms. The first-order chi connectivity index (χ1) is 11.0. The van der Waals surface area contributed by atoms with Gasteiger partial charge >= 0.3 is 5.97 Å². The molecule has 1 aliphatic rings. The van der Waals surface area contributed by atoms with Gasteiger partial charge in [-0.3, -0.25) is 19.3 Å². The number of carboxylic acids is 1. The van der Waals surface area contributed by atoms with Gasteiger partial charge in [0.15, 0.2) is 0 Å². The molecule has 0 unspecified atom stereocenters. The highest BCUT2D eigenvalue weighted by molar-refractivity contribution is 9.11. The lowest BCUT2D eigenvalue weighted by Gasteiger charge is -2.27. The Kier molecular flexibility index (Phi) is 4.14. The maximum atomic E-state index is 12.6. The Morgan fingerprint density at radius 2 is 1.83 bits per heavy atom. The highest BCUT2D eigenvalue weighted by Crippen LogP contribution is 2.32. The Bertz CT molecular complexity index is 855. The Hall–Kier alpha value is -2.25. The van der Waals surface area contributed by atoms with E-state index < -0.39 is 24.3 Å². The Morgan fingerprint density at radius 3 is 2.43 bits per heavy atom. The van der Waals surface area contributed by atoms with Crippen molar-refractivity contribution in [1.29, 1.82) is 0 Å². The molecule has 0 radical (unpaired) electrons.